The molecule has 0 bridgehead atoms. The normalized spacial score (nSPS) is 10.1. The molecule has 8 heteroatoms. The number of benzene rings is 1. The minimum atomic E-state index is -1.03. The molecule has 0 saturated carbocycles. The van der Waals surface area contributed by atoms with Gasteiger partial charge >= 0.3 is 12.1 Å². The van der Waals surface area contributed by atoms with Crippen LogP contribution >= 0.6 is 0 Å². The molecule has 0 unspecified atom stereocenters. The van der Waals surface area contributed by atoms with Gasteiger partial charge in [0.05, 0.1) is 17.4 Å². The molecule has 1 aromatic carbocycles. The van der Waals surface area contributed by atoms with Gasteiger partial charge in [0.1, 0.15) is 12.3 Å². The number of nitrogens with zero attached hydrogens (tertiary/aromatic N) is 3. The Hall–Kier alpha value is -2.90. The average molecular weight is 262 g/mol. The number of hydrogen-bond donors (Lipinski definition) is 2. The highest BCUT2D eigenvalue weighted by Crippen LogP contribution is 2.10. The third-order valence-corrected chi connectivity index (χ3v) is 2.26. The SMILES string of the molecule is NC(=O)OCc1cn(-c2cccc(C(=O)O)c2)nn1. The van der Waals surface area contributed by atoms with E-state index in [0.29, 0.717) is 11.4 Å². The highest BCUT2D eigenvalue weighted by molar-refractivity contribution is 5.88. The number of rotatable bonds is 4. The minimum Gasteiger partial charge on any atom is -0.478 e. The molecule has 19 heavy (non-hydrogen) atoms. The number of carbonyl (C=O) groups is 2. The first-order valence-corrected chi connectivity index (χ1v) is 5.23. The summed E-state index contributed by atoms with van der Waals surface area (Å²) in [6.07, 6.45) is 0.617. The summed E-state index contributed by atoms with van der Waals surface area (Å²) in [5, 5.41) is 16.5. The zero-order valence-corrected chi connectivity index (χ0v) is 9.68. The maximum atomic E-state index is 10.9. The van der Waals surface area contributed by atoms with Gasteiger partial charge in [-0.25, -0.2) is 14.3 Å². The molecule has 0 spiro atoms. The van der Waals surface area contributed by atoms with Crippen molar-refractivity contribution < 1.29 is 19.4 Å². The molecule has 1 amide bonds. The molecule has 1 aromatic heterocycles. The van der Waals surface area contributed by atoms with Gasteiger partial charge in [-0.3, -0.25) is 0 Å². The van der Waals surface area contributed by atoms with E-state index in [1.54, 1.807) is 12.1 Å². The van der Waals surface area contributed by atoms with Crippen LogP contribution in [0.15, 0.2) is 30.5 Å². The van der Waals surface area contributed by atoms with Crippen LogP contribution in [0.5, 0.6) is 0 Å². The number of nitrogens with two attached hydrogens (primary N) is 1. The summed E-state index contributed by atoms with van der Waals surface area (Å²) in [5.41, 5.74) is 5.91. The number of amides is 1. The van der Waals surface area contributed by atoms with Crippen LogP contribution in [0.1, 0.15) is 16.1 Å². The monoisotopic (exact) mass is 262 g/mol. The van der Waals surface area contributed by atoms with Crippen LogP contribution in [-0.4, -0.2) is 32.2 Å². The van der Waals surface area contributed by atoms with Crippen LogP contribution in [0.4, 0.5) is 4.79 Å². The Morgan fingerprint density at radius 3 is 2.89 bits per heavy atom. The van der Waals surface area contributed by atoms with E-state index < -0.39 is 12.1 Å². The predicted octanol–water partition coefficient (Wildman–Crippen LogP) is 0.561. The highest BCUT2D eigenvalue weighted by atomic mass is 16.5. The fourth-order valence-electron chi connectivity index (χ4n) is 1.42. The Morgan fingerprint density at radius 1 is 1.42 bits per heavy atom. The molecule has 0 aliphatic heterocycles. The lowest BCUT2D eigenvalue weighted by Gasteiger charge is -2.01. The van der Waals surface area contributed by atoms with Gasteiger partial charge in [0.15, 0.2) is 0 Å². The molecular formula is C11H10N4O4. The fourth-order valence-corrected chi connectivity index (χ4v) is 1.42. The molecule has 8 nitrogen and oxygen atoms in total. The predicted molar refractivity (Wildman–Crippen MR) is 62.7 cm³/mol. The quantitative estimate of drug-likeness (QED) is 0.830. The molecule has 2 rings (SSSR count). The van der Waals surface area contributed by atoms with Crippen LogP contribution in [-0.2, 0) is 11.3 Å². The smallest absolute Gasteiger partial charge is 0.404 e. The summed E-state index contributed by atoms with van der Waals surface area (Å²) >= 11 is 0. The molecule has 0 saturated heterocycles. The Bertz CT molecular complexity index is 623. The molecular weight excluding hydrogens is 252 g/mol. The summed E-state index contributed by atoms with van der Waals surface area (Å²) in [7, 11) is 0. The van der Waals surface area contributed by atoms with E-state index in [1.165, 1.54) is 23.0 Å². The summed E-state index contributed by atoms with van der Waals surface area (Å²) in [4.78, 5) is 21.3. The standard InChI is InChI=1S/C11H10N4O4/c12-11(18)19-6-8-5-15(14-13-8)9-3-1-2-7(4-9)10(16)17/h1-5H,6H2,(H2,12,18)(H,16,17). The van der Waals surface area contributed by atoms with Gasteiger partial charge in [-0.15, -0.1) is 5.10 Å². The molecule has 0 aliphatic carbocycles. The van der Waals surface area contributed by atoms with Gasteiger partial charge in [-0.1, -0.05) is 11.3 Å². The fraction of sp³-hybridized carbons (Fsp3) is 0.0909. The Labute approximate surface area is 107 Å². The topological polar surface area (TPSA) is 120 Å². The van der Waals surface area contributed by atoms with Crippen molar-refractivity contribution in [1.29, 1.82) is 0 Å². The van der Waals surface area contributed by atoms with E-state index in [2.05, 4.69) is 15.0 Å². The number of aromatic carboxylic acids is 1. The molecule has 2 aromatic rings. The summed E-state index contributed by atoms with van der Waals surface area (Å²) in [5.74, 6) is -1.03. The van der Waals surface area contributed by atoms with Crippen LogP contribution in [0, 0.1) is 0 Å². The first kappa shape index (κ1) is 12.6. The molecule has 0 fully saturated rings. The summed E-state index contributed by atoms with van der Waals surface area (Å²) < 4.78 is 5.95. The lowest BCUT2D eigenvalue weighted by atomic mass is 10.2. The lowest BCUT2D eigenvalue weighted by molar-refractivity contribution is 0.0696. The number of carboxylic acid groups (broad SMARTS) is 1. The number of ether oxygens (including phenoxy) is 1. The Kier molecular flexibility index (Phi) is 3.42. The van der Waals surface area contributed by atoms with Crippen molar-refractivity contribution in [3.8, 4) is 5.69 Å². The highest BCUT2D eigenvalue weighted by Gasteiger charge is 2.07. The maximum Gasteiger partial charge on any atom is 0.404 e. The summed E-state index contributed by atoms with van der Waals surface area (Å²) in [6.45, 7) is -0.0893. The van der Waals surface area contributed by atoms with E-state index in [1.807, 2.05) is 0 Å². The van der Waals surface area contributed by atoms with Crippen molar-refractivity contribution >= 4 is 12.1 Å². The minimum absolute atomic E-state index is 0.0893. The van der Waals surface area contributed by atoms with Crippen molar-refractivity contribution in [3.63, 3.8) is 0 Å². The first-order valence-electron chi connectivity index (χ1n) is 5.23. The van der Waals surface area contributed by atoms with Crippen molar-refractivity contribution in [2.75, 3.05) is 0 Å². The largest absolute Gasteiger partial charge is 0.478 e. The number of aromatic nitrogens is 3. The van der Waals surface area contributed by atoms with Gasteiger partial charge in [0, 0.05) is 0 Å². The molecule has 1 heterocycles. The van der Waals surface area contributed by atoms with Crippen molar-refractivity contribution in [1.82, 2.24) is 15.0 Å². The third kappa shape index (κ3) is 3.06. The Morgan fingerprint density at radius 2 is 2.21 bits per heavy atom. The van der Waals surface area contributed by atoms with E-state index in [4.69, 9.17) is 10.8 Å². The molecule has 3 N–H and O–H groups in total. The van der Waals surface area contributed by atoms with Crippen LogP contribution in [0.25, 0.3) is 5.69 Å². The van der Waals surface area contributed by atoms with E-state index in [-0.39, 0.29) is 12.2 Å². The first-order chi connectivity index (χ1) is 9.06. The van der Waals surface area contributed by atoms with Crippen LogP contribution in [0.2, 0.25) is 0 Å². The molecule has 0 atom stereocenters. The summed E-state index contributed by atoms with van der Waals surface area (Å²) in [6, 6.07) is 6.20. The van der Waals surface area contributed by atoms with E-state index in [0.717, 1.165) is 0 Å². The average Bonchev–Trinajstić information content (AvgIpc) is 2.85. The molecule has 0 aliphatic rings. The van der Waals surface area contributed by atoms with Crippen molar-refractivity contribution in [2.24, 2.45) is 5.73 Å². The third-order valence-electron chi connectivity index (χ3n) is 2.26. The lowest BCUT2D eigenvalue weighted by Crippen LogP contribution is -2.12. The second-order valence-electron chi connectivity index (χ2n) is 3.62. The zero-order chi connectivity index (χ0) is 13.8. The van der Waals surface area contributed by atoms with E-state index in [9.17, 15) is 9.59 Å². The second kappa shape index (κ2) is 5.17. The second-order valence-corrected chi connectivity index (χ2v) is 3.62. The van der Waals surface area contributed by atoms with E-state index >= 15 is 0 Å². The molecule has 0 radical (unpaired) electrons. The number of carboxylic acids is 1. The number of primary amides is 1. The van der Waals surface area contributed by atoms with Gasteiger partial charge in [-0.2, -0.15) is 0 Å². The van der Waals surface area contributed by atoms with Crippen LogP contribution < -0.4 is 5.73 Å². The van der Waals surface area contributed by atoms with Gasteiger partial charge in [-0.05, 0) is 18.2 Å². The van der Waals surface area contributed by atoms with Gasteiger partial charge in [0.2, 0.25) is 0 Å². The van der Waals surface area contributed by atoms with Gasteiger partial charge < -0.3 is 15.6 Å². The maximum absolute atomic E-state index is 10.9. The zero-order valence-electron chi connectivity index (χ0n) is 9.68. The molecule has 98 valence electrons. The number of carbonyl (C=O) groups excluding carboxylic acids is 1. The van der Waals surface area contributed by atoms with Crippen molar-refractivity contribution in [3.05, 3.63) is 41.7 Å². The van der Waals surface area contributed by atoms with Gasteiger partial charge in [0.25, 0.3) is 0 Å². The number of hydrogen-bond acceptors (Lipinski definition) is 5. The Balaban J connectivity index is 2.20. The van der Waals surface area contributed by atoms with Crippen molar-refractivity contribution in [2.45, 2.75) is 6.61 Å². The van der Waals surface area contributed by atoms with Crippen LogP contribution in [0.3, 0.4) is 0 Å².